The van der Waals surface area contributed by atoms with Crippen molar-refractivity contribution in [3.8, 4) is 0 Å². The molecule has 3 aromatic rings. The van der Waals surface area contributed by atoms with Crippen molar-refractivity contribution in [1.82, 2.24) is 0 Å². The van der Waals surface area contributed by atoms with Gasteiger partial charge in [0, 0.05) is 21.7 Å². The first-order valence-electron chi connectivity index (χ1n) is 9.64. The number of hydrogen-bond acceptors (Lipinski definition) is 3. The fraction of sp³-hybridized carbons (Fsp3) is 0.0833. The van der Waals surface area contributed by atoms with Gasteiger partial charge >= 0.3 is 6.18 Å². The Hall–Kier alpha value is -3.23. The lowest BCUT2D eigenvalue weighted by Gasteiger charge is -2.14. The van der Waals surface area contributed by atoms with Gasteiger partial charge in [0.05, 0.1) is 17.0 Å². The van der Waals surface area contributed by atoms with E-state index in [0.29, 0.717) is 10.6 Å². The zero-order chi connectivity index (χ0) is 23.8. The molecule has 0 radical (unpaired) electrons. The van der Waals surface area contributed by atoms with Crippen LogP contribution in [0.3, 0.4) is 0 Å². The number of nitrogens with one attached hydrogen (secondary N) is 2. The summed E-state index contributed by atoms with van der Waals surface area (Å²) < 4.78 is 39.5. The second-order valence-electron chi connectivity index (χ2n) is 6.79. The van der Waals surface area contributed by atoms with Crippen LogP contribution < -0.4 is 10.6 Å². The first-order chi connectivity index (χ1) is 15.7. The molecule has 0 unspecified atom stereocenters. The summed E-state index contributed by atoms with van der Waals surface area (Å²) in [4.78, 5) is 25.0. The summed E-state index contributed by atoms with van der Waals surface area (Å²) in [6.07, 6.45) is -1.56. The molecule has 0 spiro atoms. The summed E-state index contributed by atoms with van der Waals surface area (Å²) in [5, 5.41) is 4.93. The Bertz CT molecular complexity index is 1170. The number of amides is 2. The van der Waals surface area contributed by atoms with Crippen molar-refractivity contribution in [1.29, 1.82) is 0 Å². The topological polar surface area (TPSA) is 58.2 Å². The minimum absolute atomic E-state index is 0.0767. The monoisotopic (exact) mass is 490 g/mol. The van der Waals surface area contributed by atoms with Crippen molar-refractivity contribution in [2.24, 2.45) is 0 Å². The average Bonchev–Trinajstić information content (AvgIpc) is 2.78. The molecule has 4 nitrogen and oxygen atoms in total. The number of carbonyl (C=O) groups is 2. The van der Waals surface area contributed by atoms with E-state index < -0.39 is 17.6 Å². The van der Waals surface area contributed by atoms with E-state index in [1.807, 2.05) is 30.3 Å². The summed E-state index contributed by atoms with van der Waals surface area (Å²) in [5.41, 5.74) is 0.0443. The molecule has 0 saturated heterocycles. The highest BCUT2D eigenvalue weighted by molar-refractivity contribution is 8.00. The fourth-order valence-electron chi connectivity index (χ4n) is 2.78. The van der Waals surface area contributed by atoms with Crippen molar-refractivity contribution in [2.45, 2.75) is 11.1 Å². The fourth-order valence-corrected chi connectivity index (χ4v) is 3.71. The molecule has 9 heteroatoms. The highest BCUT2D eigenvalue weighted by atomic mass is 35.5. The van der Waals surface area contributed by atoms with Crippen LogP contribution >= 0.6 is 23.4 Å². The van der Waals surface area contributed by atoms with Crippen LogP contribution in [0.15, 0.2) is 83.8 Å². The Labute approximate surface area is 197 Å². The number of thioether (sulfide) groups is 1. The van der Waals surface area contributed by atoms with E-state index in [-0.39, 0.29) is 22.4 Å². The van der Waals surface area contributed by atoms with Crippen molar-refractivity contribution in [3.63, 3.8) is 0 Å². The molecule has 33 heavy (non-hydrogen) atoms. The van der Waals surface area contributed by atoms with Gasteiger partial charge < -0.3 is 10.6 Å². The molecule has 0 saturated carbocycles. The lowest BCUT2D eigenvalue weighted by molar-refractivity contribution is -0.137. The van der Waals surface area contributed by atoms with Gasteiger partial charge in [-0.3, -0.25) is 9.59 Å². The first-order valence-corrected chi connectivity index (χ1v) is 11.0. The summed E-state index contributed by atoms with van der Waals surface area (Å²) in [6.45, 7) is 0. The molecule has 3 rings (SSSR count). The Kier molecular flexibility index (Phi) is 8.19. The minimum atomic E-state index is -4.65. The van der Waals surface area contributed by atoms with Crippen molar-refractivity contribution >= 4 is 52.6 Å². The lowest BCUT2D eigenvalue weighted by Crippen LogP contribution is -2.18. The van der Waals surface area contributed by atoms with E-state index in [2.05, 4.69) is 10.6 Å². The Morgan fingerprint density at radius 1 is 0.939 bits per heavy atom. The molecule has 0 aliphatic rings. The normalized spacial score (nSPS) is 11.4. The summed E-state index contributed by atoms with van der Waals surface area (Å²) in [7, 11) is 0. The zero-order valence-corrected chi connectivity index (χ0v) is 18.6. The van der Waals surface area contributed by atoms with Gasteiger partial charge in [-0.25, -0.2) is 0 Å². The number of anilines is 2. The molecule has 3 aromatic carbocycles. The van der Waals surface area contributed by atoms with Crippen LogP contribution in [0.25, 0.3) is 6.08 Å². The SMILES string of the molecule is O=C(/C=C/c1ccccc1)Nc1cccc(SCC(=O)Nc2ccc(Cl)cc2C(F)(F)F)c1. The van der Waals surface area contributed by atoms with Gasteiger partial charge in [-0.05, 0) is 48.0 Å². The maximum absolute atomic E-state index is 13.2. The van der Waals surface area contributed by atoms with Gasteiger partial charge in [-0.1, -0.05) is 48.0 Å². The van der Waals surface area contributed by atoms with Gasteiger partial charge in [-0.15, -0.1) is 11.8 Å². The first kappa shape index (κ1) is 24.4. The molecule has 0 aliphatic heterocycles. The van der Waals surface area contributed by atoms with E-state index in [0.717, 1.165) is 29.5 Å². The van der Waals surface area contributed by atoms with Gasteiger partial charge in [0.2, 0.25) is 11.8 Å². The second kappa shape index (κ2) is 11.1. The van der Waals surface area contributed by atoms with Crippen LogP contribution in [0, 0.1) is 0 Å². The van der Waals surface area contributed by atoms with Gasteiger partial charge in [0.15, 0.2) is 0 Å². The third kappa shape index (κ3) is 7.69. The van der Waals surface area contributed by atoms with Crippen molar-refractivity contribution < 1.29 is 22.8 Å². The van der Waals surface area contributed by atoms with E-state index in [1.165, 1.54) is 12.1 Å². The van der Waals surface area contributed by atoms with Crippen LogP contribution in [-0.2, 0) is 15.8 Å². The molecule has 0 atom stereocenters. The third-order valence-electron chi connectivity index (χ3n) is 4.26. The van der Waals surface area contributed by atoms with Crippen LogP contribution in [0.1, 0.15) is 11.1 Å². The predicted molar refractivity (Wildman–Crippen MR) is 126 cm³/mol. The largest absolute Gasteiger partial charge is 0.418 e. The molecule has 2 amide bonds. The highest BCUT2D eigenvalue weighted by Gasteiger charge is 2.34. The van der Waals surface area contributed by atoms with Crippen LogP contribution in [0.4, 0.5) is 24.5 Å². The Morgan fingerprint density at radius 2 is 1.70 bits per heavy atom. The molecule has 0 bridgehead atoms. The van der Waals surface area contributed by atoms with E-state index in [1.54, 1.807) is 30.3 Å². The van der Waals surface area contributed by atoms with Crippen molar-refractivity contribution in [2.75, 3.05) is 16.4 Å². The maximum Gasteiger partial charge on any atom is 0.418 e. The number of rotatable bonds is 7. The summed E-state index contributed by atoms with van der Waals surface area (Å²) in [5.74, 6) is -1.04. The quantitative estimate of drug-likeness (QED) is 0.285. The zero-order valence-electron chi connectivity index (χ0n) is 17.0. The van der Waals surface area contributed by atoms with Gasteiger partial charge in [-0.2, -0.15) is 13.2 Å². The molecular weight excluding hydrogens is 473 g/mol. The Balaban J connectivity index is 1.57. The molecule has 2 N–H and O–H groups in total. The van der Waals surface area contributed by atoms with Crippen LogP contribution in [0.2, 0.25) is 5.02 Å². The van der Waals surface area contributed by atoms with E-state index in [9.17, 15) is 22.8 Å². The predicted octanol–water partition coefficient (Wildman–Crippen LogP) is 6.74. The summed E-state index contributed by atoms with van der Waals surface area (Å²) >= 11 is 6.78. The molecule has 0 aliphatic carbocycles. The van der Waals surface area contributed by atoms with Gasteiger partial charge in [0.25, 0.3) is 0 Å². The molecule has 0 heterocycles. The maximum atomic E-state index is 13.2. The van der Waals surface area contributed by atoms with E-state index >= 15 is 0 Å². The molecule has 0 fully saturated rings. The third-order valence-corrected chi connectivity index (χ3v) is 5.49. The smallest absolute Gasteiger partial charge is 0.325 e. The van der Waals surface area contributed by atoms with Crippen molar-refractivity contribution in [3.05, 3.63) is 95.0 Å². The van der Waals surface area contributed by atoms with Crippen LogP contribution in [-0.4, -0.2) is 17.6 Å². The number of halogens is 4. The highest BCUT2D eigenvalue weighted by Crippen LogP contribution is 2.36. The number of alkyl halides is 3. The molecular formula is C24H18ClF3N2O2S. The minimum Gasteiger partial charge on any atom is -0.325 e. The lowest BCUT2D eigenvalue weighted by atomic mass is 10.1. The molecule has 170 valence electrons. The van der Waals surface area contributed by atoms with Gasteiger partial charge in [0.1, 0.15) is 0 Å². The van der Waals surface area contributed by atoms with E-state index in [4.69, 9.17) is 11.6 Å². The second-order valence-corrected chi connectivity index (χ2v) is 8.27. The number of carbonyl (C=O) groups excluding carboxylic acids is 2. The van der Waals surface area contributed by atoms with Crippen LogP contribution in [0.5, 0.6) is 0 Å². The number of benzene rings is 3. The molecule has 0 aromatic heterocycles. The average molecular weight is 491 g/mol. The summed E-state index contributed by atoms with van der Waals surface area (Å²) in [6, 6.07) is 19.3. The number of hydrogen-bond donors (Lipinski definition) is 2. The standard InChI is InChI=1S/C24H18ClF3N2O2S/c25-17-10-11-21(20(13-17)24(26,27)28)30-23(32)15-33-19-8-4-7-18(14-19)29-22(31)12-9-16-5-2-1-3-6-16/h1-14H,15H2,(H,29,31)(H,30,32)/b12-9+. The Morgan fingerprint density at radius 3 is 2.42 bits per heavy atom.